The third-order valence-corrected chi connectivity index (χ3v) is 6.14. The SMILES string of the molecule is Cc1ccc(C(=O)NC(=S)Nc2ccc(N3CCN(C(=O)c4ccccc4)CC3)cc2)c(C)c1. The number of thiocarbonyl (C=S) groups is 1. The zero-order valence-electron chi connectivity index (χ0n) is 19.4. The molecule has 4 rings (SSSR count). The molecule has 3 aromatic rings. The zero-order chi connectivity index (χ0) is 24.1. The van der Waals surface area contributed by atoms with Gasteiger partial charge in [0.25, 0.3) is 11.8 Å². The Morgan fingerprint density at radius 1 is 0.853 bits per heavy atom. The van der Waals surface area contributed by atoms with Gasteiger partial charge in [0.2, 0.25) is 0 Å². The highest BCUT2D eigenvalue weighted by Crippen LogP contribution is 2.20. The fraction of sp³-hybridized carbons (Fsp3) is 0.222. The molecule has 174 valence electrons. The smallest absolute Gasteiger partial charge is 0.257 e. The molecule has 0 unspecified atom stereocenters. The van der Waals surface area contributed by atoms with Crippen molar-refractivity contribution in [3.63, 3.8) is 0 Å². The number of carbonyl (C=O) groups excluding carboxylic acids is 2. The number of piperazine rings is 1. The van der Waals surface area contributed by atoms with Crippen LogP contribution in [0.15, 0.2) is 72.8 Å². The van der Waals surface area contributed by atoms with Crippen molar-refractivity contribution in [2.75, 3.05) is 36.4 Å². The molecule has 2 N–H and O–H groups in total. The minimum atomic E-state index is -0.227. The van der Waals surface area contributed by atoms with Gasteiger partial charge in [-0.15, -0.1) is 0 Å². The highest BCUT2D eigenvalue weighted by atomic mass is 32.1. The Balaban J connectivity index is 1.29. The summed E-state index contributed by atoms with van der Waals surface area (Å²) in [7, 11) is 0. The molecular formula is C27H28N4O2S. The number of amides is 2. The largest absolute Gasteiger partial charge is 0.368 e. The second-order valence-electron chi connectivity index (χ2n) is 8.42. The van der Waals surface area contributed by atoms with Crippen LogP contribution >= 0.6 is 12.2 Å². The molecule has 6 nitrogen and oxygen atoms in total. The fourth-order valence-corrected chi connectivity index (χ4v) is 4.30. The van der Waals surface area contributed by atoms with Gasteiger partial charge in [-0.2, -0.15) is 0 Å². The quantitative estimate of drug-likeness (QED) is 0.552. The van der Waals surface area contributed by atoms with E-state index in [-0.39, 0.29) is 16.9 Å². The Morgan fingerprint density at radius 3 is 2.18 bits per heavy atom. The molecule has 7 heteroatoms. The van der Waals surface area contributed by atoms with E-state index in [1.54, 1.807) is 0 Å². The van der Waals surface area contributed by atoms with Crippen LogP contribution < -0.4 is 15.5 Å². The first-order valence-corrected chi connectivity index (χ1v) is 11.7. The summed E-state index contributed by atoms with van der Waals surface area (Å²) in [6.07, 6.45) is 0. The summed E-state index contributed by atoms with van der Waals surface area (Å²) in [5.74, 6) is -0.147. The van der Waals surface area contributed by atoms with E-state index in [1.807, 2.05) is 91.5 Å². The molecule has 1 heterocycles. The molecule has 34 heavy (non-hydrogen) atoms. The molecule has 2 amide bonds. The monoisotopic (exact) mass is 472 g/mol. The molecule has 1 saturated heterocycles. The maximum absolute atomic E-state index is 12.6. The molecule has 0 bridgehead atoms. The Hall–Kier alpha value is -3.71. The summed E-state index contributed by atoms with van der Waals surface area (Å²) in [6, 6.07) is 23.0. The maximum Gasteiger partial charge on any atom is 0.257 e. The third-order valence-electron chi connectivity index (χ3n) is 5.93. The standard InChI is InChI=1S/C27H28N4O2S/c1-19-8-13-24(20(2)18-19)25(32)29-27(34)28-22-9-11-23(12-10-22)30-14-16-31(17-15-30)26(33)21-6-4-3-5-7-21/h3-13,18H,14-17H2,1-2H3,(H2,28,29,32,34). The van der Waals surface area contributed by atoms with E-state index in [2.05, 4.69) is 15.5 Å². The van der Waals surface area contributed by atoms with E-state index in [9.17, 15) is 9.59 Å². The van der Waals surface area contributed by atoms with Crippen LogP contribution in [-0.2, 0) is 0 Å². The van der Waals surface area contributed by atoms with Crippen LogP contribution in [0.25, 0.3) is 0 Å². The molecule has 0 saturated carbocycles. The van der Waals surface area contributed by atoms with Crippen LogP contribution in [0.5, 0.6) is 0 Å². The number of carbonyl (C=O) groups is 2. The Bertz CT molecular complexity index is 1190. The second kappa shape index (κ2) is 10.5. The van der Waals surface area contributed by atoms with Gasteiger partial charge in [0.15, 0.2) is 5.11 Å². The number of nitrogens with one attached hydrogen (secondary N) is 2. The lowest BCUT2D eigenvalue weighted by molar-refractivity contribution is 0.0746. The van der Waals surface area contributed by atoms with Crippen LogP contribution in [0.1, 0.15) is 31.8 Å². The van der Waals surface area contributed by atoms with E-state index in [0.717, 1.165) is 41.2 Å². The van der Waals surface area contributed by atoms with Crippen molar-refractivity contribution in [2.24, 2.45) is 0 Å². The average molecular weight is 473 g/mol. The van der Waals surface area contributed by atoms with Crippen molar-refractivity contribution >= 4 is 40.5 Å². The van der Waals surface area contributed by atoms with E-state index >= 15 is 0 Å². The number of nitrogens with zero attached hydrogens (tertiary/aromatic N) is 2. The highest BCUT2D eigenvalue weighted by molar-refractivity contribution is 7.80. The van der Waals surface area contributed by atoms with Crippen LogP contribution in [0.3, 0.4) is 0 Å². The number of benzene rings is 3. The van der Waals surface area contributed by atoms with Crippen molar-refractivity contribution in [1.82, 2.24) is 10.2 Å². The molecular weight excluding hydrogens is 444 g/mol. The first kappa shape index (κ1) is 23.4. The first-order valence-electron chi connectivity index (χ1n) is 11.3. The lowest BCUT2D eigenvalue weighted by Crippen LogP contribution is -2.48. The summed E-state index contributed by atoms with van der Waals surface area (Å²) in [5.41, 5.74) is 5.24. The Labute approximate surface area is 205 Å². The predicted octanol–water partition coefficient (Wildman–Crippen LogP) is 4.39. The molecule has 1 fully saturated rings. The van der Waals surface area contributed by atoms with Crippen LogP contribution in [0, 0.1) is 13.8 Å². The van der Waals surface area contributed by atoms with E-state index in [1.165, 1.54) is 0 Å². The molecule has 0 atom stereocenters. The van der Waals surface area contributed by atoms with Gasteiger partial charge >= 0.3 is 0 Å². The molecule has 0 radical (unpaired) electrons. The van der Waals surface area contributed by atoms with Gasteiger partial charge in [0.1, 0.15) is 0 Å². The number of rotatable bonds is 4. The van der Waals surface area contributed by atoms with E-state index in [4.69, 9.17) is 12.2 Å². The number of hydrogen-bond donors (Lipinski definition) is 2. The molecule has 0 aliphatic carbocycles. The lowest BCUT2D eigenvalue weighted by Gasteiger charge is -2.36. The molecule has 3 aromatic carbocycles. The van der Waals surface area contributed by atoms with Crippen molar-refractivity contribution in [1.29, 1.82) is 0 Å². The number of anilines is 2. The molecule has 1 aliphatic heterocycles. The zero-order valence-corrected chi connectivity index (χ0v) is 20.2. The lowest BCUT2D eigenvalue weighted by atomic mass is 10.1. The van der Waals surface area contributed by atoms with Gasteiger partial charge in [-0.05, 0) is 74.1 Å². The van der Waals surface area contributed by atoms with Gasteiger partial charge in [0, 0.05) is 48.7 Å². The predicted molar refractivity (Wildman–Crippen MR) is 141 cm³/mol. The highest BCUT2D eigenvalue weighted by Gasteiger charge is 2.22. The van der Waals surface area contributed by atoms with Crippen LogP contribution in [0.2, 0.25) is 0 Å². The fourth-order valence-electron chi connectivity index (χ4n) is 4.09. The minimum absolute atomic E-state index is 0.0798. The molecule has 0 spiro atoms. The molecule has 0 aromatic heterocycles. The topological polar surface area (TPSA) is 64.7 Å². The summed E-state index contributed by atoms with van der Waals surface area (Å²) in [5, 5.41) is 6.07. The van der Waals surface area contributed by atoms with Gasteiger partial charge in [0.05, 0.1) is 0 Å². The van der Waals surface area contributed by atoms with Crippen molar-refractivity contribution in [2.45, 2.75) is 13.8 Å². The summed E-state index contributed by atoms with van der Waals surface area (Å²) >= 11 is 5.33. The van der Waals surface area contributed by atoms with E-state index in [0.29, 0.717) is 18.7 Å². The van der Waals surface area contributed by atoms with Crippen LogP contribution in [-0.4, -0.2) is 48.0 Å². The van der Waals surface area contributed by atoms with Crippen LogP contribution in [0.4, 0.5) is 11.4 Å². The van der Waals surface area contributed by atoms with Gasteiger partial charge < -0.3 is 15.1 Å². The van der Waals surface area contributed by atoms with Gasteiger partial charge in [-0.1, -0.05) is 35.9 Å². The average Bonchev–Trinajstić information content (AvgIpc) is 2.84. The third kappa shape index (κ3) is 5.61. The Morgan fingerprint density at radius 2 is 1.53 bits per heavy atom. The normalized spacial score (nSPS) is 13.4. The summed E-state index contributed by atoms with van der Waals surface area (Å²) < 4.78 is 0. The van der Waals surface area contributed by atoms with Crippen molar-refractivity contribution in [3.8, 4) is 0 Å². The number of aryl methyl sites for hydroxylation is 2. The summed E-state index contributed by atoms with van der Waals surface area (Å²) in [4.78, 5) is 29.3. The second-order valence-corrected chi connectivity index (χ2v) is 8.83. The first-order chi connectivity index (χ1) is 16.4. The van der Waals surface area contributed by atoms with Crippen molar-refractivity contribution in [3.05, 3.63) is 95.1 Å². The van der Waals surface area contributed by atoms with Gasteiger partial charge in [-0.3, -0.25) is 14.9 Å². The number of hydrogen-bond acceptors (Lipinski definition) is 4. The van der Waals surface area contributed by atoms with E-state index < -0.39 is 0 Å². The summed E-state index contributed by atoms with van der Waals surface area (Å²) in [6.45, 7) is 6.82. The molecule has 1 aliphatic rings. The van der Waals surface area contributed by atoms with Crippen molar-refractivity contribution < 1.29 is 9.59 Å². The Kier molecular flexibility index (Phi) is 7.23. The minimum Gasteiger partial charge on any atom is -0.368 e. The maximum atomic E-state index is 12.6. The van der Waals surface area contributed by atoms with Gasteiger partial charge in [-0.25, -0.2) is 0 Å².